The monoisotopic (exact) mass is 482 g/mol. The van der Waals surface area contributed by atoms with Crippen molar-refractivity contribution in [2.45, 2.75) is 25.4 Å². The molecule has 10 heteroatoms. The smallest absolute Gasteiger partial charge is 0.165 e. The molecule has 2 aromatic heterocycles. The molecule has 0 fully saturated rings. The average molecular weight is 484 g/mol. The lowest BCUT2D eigenvalue weighted by Gasteiger charge is -2.17. The zero-order valence-corrected chi connectivity index (χ0v) is 18.7. The Balaban J connectivity index is 1.76. The van der Waals surface area contributed by atoms with Gasteiger partial charge in [0.25, 0.3) is 0 Å². The number of halogens is 2. The fourth-order valence-electron chi connectivity index (χ4n) is 3.07. The summed E-state index contributed by atoms with van der Waals surface area (Å²) in [6.45, 7) is 1.74. The fraction of sp³-hybridized carbons (Fsp3) is 0.421. The molecule has 0 aliphatic rings. The van der Waals surface area contributed by atoms with Crippen LogP contribution in [0.5, 0.6) is 5.75 Å². The molecule has 0 aliphatic carbocycles. The van der Waals surface area contributed by atoms with Crippen LogP contribution < -0.4 is 15.8 Å². The number of anilines is 1. The summed E-state index contributed by atoms with van der Waals surface area (Å²) in [5, 5.41) is 3.84. The summed E-state index contributed by atoms with van der Waals surface area (Å²) < 4.78 is 14.1. The van der Waals surface area contributed by atoms with Crippen molar-refractivity contribution < 1.29 is 9.47 Å². The number of methoxy groups -OCH3 is 1. The quantitative estimate of drug-likeness (QED) is 0.427. The SMILES string of the molecule is CNC(CCCOc1cc(Cl)cc(Br)c1Cn1cnc2c(N)ncnc21)COC. The van der Waals surface area contributed by atoms with E-state index in [1.54, 1.807) is 13.4 Å². The van der Waals surface area contributed by atoms with Crippen molar-refractivity contribution in [2.75, 3.05) is 33.1 Å². The van der Waals surface area contributed by atoms with Crippen LogP contribution in [-0.4, -0.2) is 52.9 Å². The Bertz CT molecular complexity index is 967. The van der Waals surface area contributed by atoms with Gasteiger partial charge in [0.1, 0.15) is 17.6 Å². The average Bonchev–Trinajstić information content (AvgIpc) is 3.11. The molecule has 156 valence electrons. The highest BCUT2D eigenvalue weighted by Gasteiger charge is 2.15. The van der Waals surface area contributed by atoms with Crippen molar-refractivity contribution in [2.24, 2.45) is 0 Å². The lowest BCUT2D eigenvalue weighted by Crippen LogP contribution is -2.30. The van der Waals surface area contributed by atoms with E-state index in [0.29, 0.717) is 47.8 Å². The number of fused-ring (bicyclic) bond motifs is 1. The van der Waals surface area contributed by atoms with Crippen LogP contribution in [0.2, 0.25) is 5.02 Å². The second kappa shape index (κ2) is 10.2. The summed E-state index contributed by atoms with van der Waals surface area (Å²) in [5.74, 6) is 1.08. The van der Waals surface area contributed by atoms with Gasteiger partial charge >= 0.3 is 0 Å². The number of imidazole rings is 1. The first-order valence-corrected chi connectivity index (χ1v) is 10.4. The highest BCUT2D eigenvalue weighted by molar-refractivity contribution is 9.10. The van der Waals surface area contributed by atoms with E-state index >= 15 is 0 Å². The van der Waals surface area contributed by atoms with Crippen LogP contribution in [-0.2, 0) is 11.3 Å². The number of nitrogens with zero attached hydrogens (tertiary/aromatic N) is 4. The first-order chi connectivity index (χ1) is 14.0. The van der Waals surface area contributed by atoms with Gasteiger partial charge in [0, 0.05) is 28.2 Å². The highest BCUT2D eigenvalue weighted by atomic mass is 79.9. The van der Waals surface area contributed by atoms with Crippen LogP contribution in [0, 0.1) is 0 Å². The number of ether oxygens (including phenoxy) is 2. The van der Waals surface area contributed by atoms with E-state index in [0.717, 1.165) is 28.6 Å². The van der Waals surface area contributed by atoms with Gasteiger partial charge in [-0.05, 0) is 32.0 Å². The zero-order valence-electron chi connectivity index (χ0n) is 16.4. The first-order valence-electron chi connectivity index (χ1n) is 9.21. The number of likely N-dealkylation sites (N-methyl/N-ethyl adjacent to an activating group) is 1. The van der Waals surface area contributed by atoms with Crippen LogP contribution >= 0.6 is 27.5 Å². The van der Waals surface area contributed by atoms with E-state index in [-0.39, 0.29) is 0 Å². The van der Waals surface area contributed by atoms with Gasteiger partial charge in [-0.3, -0.25) is 0 Å². The normalized spacial score (nSPS) is 12.4. The van der Waals surface area contributed by atoms with Gasteiger partial charge < -0.3 is 25.1 Å². The van der Waals surface area contributed by atoms with Gasteiger partial charge in [-0.2, -0.15) is 0 Å². The molecule has 3 aromatic rings. The minimum Gasteiger partial charge on any atom is -0.493 e. The molecule has 0 aliphatic heterocycles. The standard InChI is InChI=1S/C19H24BrClN6O2/c1-23-13(9-28-2)4-3-5-29-16-7-12(21)6-15(20)14(16)8-27-11-26-17-18(22)24-10-25-19(17)27/h6-7,10-11,13,23H,3-5,8-9H2,1-2H3,(H2,22,24,25). The van der Waals surface area contributed by atoms with Crippen molar-refractivity contribution in [1.29, 1.82) is 0 Å². The Morgan fingerprint density at radius 3 is 2.90 bits per heavy atom. The van der Waals surface area contributed by atoms with E-state index in [9.17, 15) is 0 Å². The Kier molecular flexibility index (Phi) is 7.65. The molecule has 2 heterocycles. The number of nitrogens with one attached hydrogen (secondary N) is 1. The predicted octanol–water partition coefficient (Wildman–Crippen LogP) is 3.27. The molecule has 0 saturated carbocycles. The van der Waals surface area contributed by atoms with Gasteiger partial charge in [-0.25, -0.2) is 15.0 Å². The van der Waals surface area contributed by atoms with Crippen molar-refractivity contribution in [3.63, 3.8) is 0 Å². The molecule has 1 atom stereocenters. The maximum Gasteiger partial charge on any atom is 0.165 e. The first kappa shape index (κ1) is 21.8. The molecule has 8 nitrogen and oxygen atoms in total. The Morgan fingerprint density at radius 1 is 1.31 bits per heavy atom. The van der Waals surface area contributed by atoms with Crippen molar-refractivity contribution in [3.05, 3.63) is 39.8 Å². The molecule has 0 spiro atoms. The van der Waals surface area contributed by atoms with Crippen LogP contribution in [0.3, 0.4) is 0 Å². The van der Waals surface area contributed by atoms with Crippen LogP contribution in [0.4, 0.5) is 5.82 Å². The van der Waals surface area contributed by atoms with E-state index in [1.807, 2.05) is 23.7 Å². The minimum absolute atomic E-state index is 0.302. The lowest BCUT2D eigenvalue weighted by molar-refractivity contribution is 0.161. The second-order valence-corrected chi connectivity index (χ2v) is 7.89. The molecule has 1 unspecified atom stereocenters. The molecular formula is C19H24BrClN6O2. The third-order valence-corrected chi connectivity index (χ3v) is 5.53. The summed E-state index contributed by atoms with van der Waals surface area (Å²) in [6.07, 6.45) is 4.96. The summed E-state index contributed by atoms with van der Waals surface area (Å²) in [5.41, 5.74) is 8.09. The fourth-order valence-corrected chi connectivity index (χ4v) is 3.98. The topological polar surface area (TPSA) is 100 Å². The molecule has 0 bridgehead atoms. The maximum absolute atomic E-state index is 6.25. The molecule has 0 radical (unpaired) electrons. The van der Waals surface area contributed by atoms with Gasteiger partial charge in [0.05, 0.1) is 26.1 Å². The molecule has 29 heavy (non-hydrogen) atoms. The third kappa shape index (κ3) is 5.36. The zero-order chi connectivity index (χ0) is 20.8. The summed E-state index contributed by atoms with van der Waals surface area (Å²) in [6, 6.07) is 3.98. The van der Waals surface area contributed by atoms with E-state index in [1.165, 1.54) is 6.33 Å². The summed E-state index contributed by atoms with van der Waals surface area (Å²) >= 11 is 9.86. The lowest BCUT2D eigenvalue weighted by atomic mass is 10.1. The largest absolute Gasteiger partial charge is 0.493 e. The van der Waals surface area contributed by atoms with Crippen LogP contribution in [0.25, 0.3) is 11.2 Å². The van der Waals surface area contributed by atoms with Crippen LogP contribution in [0.1, 0.15) is 18.4 Å². The molecule has 0 amide bonds. The molecule has 3 rings (SSSR count). The van der Waals surface area contributed by atoms with Gasteiger partial charge in [0.15, 0.2) is 11.5 Å². The highest BCUT2D eigenvalue weighted by Crippen LogP contribution is 2.33. The number of benzene rings is 1. The predicted molar refractivity (Wildman–Crippen MR) is 117 cm³/mol. The number of hydrogen-bond donors (Lipinski definition) is 2. The van der Waals surface area contributed by atoms with Gasteiger partial charge in [-0.1, -0.05) is 27.5 Å². The second-order valence-electron chi connectivity index (χ2n) is 6.60. The minimum atomic E-state index is 0.302. The van der Waals surface area contributed by atoms with Gasteiger partial charge in [0.2, 0.25) is 0 Å². The van der Waals surface area contributed by atoms with Crippen molar-refractivity contribution in [1.82, 2.24) is 24.8 Å². The number of aromatic nitrogens is 4. The number of rotatable bonds is 10. The van der Waals surface area contributed by atoms with E-state index < -0.39 is 0 Å². The molecular weight excluding hydrogens is 460 g/mol. The Hall–Kier alpha value is -1.94. The number of hydrogen-bond acceptors (Lipinski definition) is 7. The van der Waals surface area contributed by atoms with E-state index in [4.69, 9.17) is 26.8 Å². The molecule has 3 N–H and O–H groups in total. The Morgan fingerprint density at radius 2 is 2.14 bits per heavy atom. The number of nitrogens with two attached hydrogens (primary N) is 1. The molecule has 1 aromatic carbocycles. The summed E-state index contributed by atoms with van der Waals surface area (Å²) in [7, 11) is 3.64. The van der Waals surface area contributed by atoms with Crippen LogP contribution in [0.15, 0.2) is 29.3 Å². The van der Waals surface area contributed by atoms with E-state index in [2.05, 4.69) is 36.2 Å². The van der Waals surface area contributed by atoms with Gasteiger partial charge in [-0.15, -0.1) is 0 Å². The molecule has 0 saturated heterocycles. The summed E-state index contributed by atoms with van der Waals surface area (Å²) in [4.78, 5) is 12.6. The Labute approximate surface area is 182 Å². The van der Waals surface area contributed by atoms with Crippen molar-refractivity contribution >= 4 is 44.5 Å². The number of nitrogen functional groups attached to an aromatic ring is 1. The van der Waals surface area contributed by atoms with Crippen molar-refractivity contribution in [3.8, 4) is 5.75 Å². The maximum atomic E-state index is 6.25. The third-order valence-electron chi connectivity index (χ3n) is 4.61.